The first kappa shape index (κ1) is 21.5. The molecule has 2 amide bonds. The predicted molar refractivity (Wildman–Crippen MR) is 103 cm³/mol. The highest BCUT2D eigenvalue weighted by molar-refractivity contribution is 5.97. The molecule has 29 heavy (non-hydrogen) atoms. The fourth-order valence-corrected chi connectivity index (χ4v) is 3.96. The number of nitrogens with zero attached hydrogens (tertiary/aromatic N) is 2. The summed E-state index contributed by atoms with van der Waals surface area (Å²) in [6, 6.07) is 6.07. The first-order chi connectivity index (χ1) is 13.4. The van der Waals surface area contributed by atoms with Gasteiger partial charge in [-0.25, -0.2) is 0 Å². The molecule has 0 unspecified atom stereocenters. The van der Waals surface area contributed by atoms with Crippen LogP contribution in [0.3, 0.4) is 0 Å². The molecule has 0 aromatic heterocycles. The van der Waals surface area contributed by atoms with Crippen LogP contribution in [0.1, 0.15) is 33.6 Å². The molecule has 0 saturated carbocycles. The van der Waals surface area contributed by atoms with Crippen molar-refractivity contribution in [2.75, 3.05) is 31.1 Å². The second-order valence-corrected chi connectivity index (χ2v) is 9.08. The molecule has 2 atom stereocenters. The lowest BCUT2D eigenvalue weighted by Gasteiger charge is -2.33. The monoisotopic (exact) mass is 412 g/mol. The molecule has 2 heterocycles. The molecule has 2 aliphatic heterocycles. The number of carbonyl (C=O) groups excluding carboxylic acids is 2. The Hall–Kier alpha value is -2.25. The average molecular weight is 412 g/mol. The summed E-state index contributed by atoms with van der Waals surface area (Å²) in [6.07, 6.45) is -3.15. The van der Waals surface area contributed by atoms with Crippen molar-refractivity contribution in [3.8, 4) is 5.75 Å². The van der Waals surface area contributed by atoms with E-state index in [4.69, 9.17) is 4.74 Å². The van der Waals surface area contributed by atoms with Crippen LogP contribution in [0.4, 0.5) is 18.9 Å². The number of likely N-dealkylation sites (tertiary alicyclic amines) is 1. The van der Waals surface area contributed by atoms with E-state index < -0.39 is 12.8 Å². The summed E-state index contributed by atoms with van der Waals surface area (Å²) < 4.78 is 41.5. The number of rotatable bonds is 4. The van der Waals surface area contributed by atoms with E-state index >= 15 is 0 Å². The molecule has 160 valence electrons. The normalized spacial score (nSPS) is 22.6. The van der Waals surface area contributed by atoms with Crippen LogP contribution in [0.2, 0.25) is 0 Å². The van der Waals surface area contributed by atoms with Crippen molar-refractivity contribution in [2.45, 2.75) is 39.8 Å². The molecule has 3 rings (SSSR count). The molecule has 0 aliphatic carbocycles. The van der Waals surface area contributed by atoms with Gasteiger partial charge >= 0.3 is 6.18 Å². The number of amides is 2. The minimum absolute atomic E-state index is 0.0312. The minimum Gasteiger partial charge on any atom is -0.484 e. The number of benzene rings is 1. The molecule has 2 aliphatic rings. The number of carbonyl (C=O) groups is 2. The SMILES string of the molecule is CC(C)(C)CC(=O)N1C[C@H]2CCN(c3ccc(OCC(F)(F)F)cc3)C(=O)[C@H]2C1. The molecule has 2 saturated heterocycles. The molecule has 8 heteroatoms. The zero-order valence-corrected chi connectivity index (χ0v) is 17.0. The maximum Gasteiger partial charge on any atom is 0.422 e. The zero-order chi connectivity index (χ0) is 21.4. The van der Waals surface area contributed by atoms with Crippen LogP contribution in [0.5, 0.6) is 5.75 Å². The summed E-state index contributed by atoms with van der Waals surface area (Å²) in [5.74, 6) is 0.0906. The Balaban J connectivity index is 1.63. The summed E-state index contributed by atoms with van der Waals surface area (Å²) in [4.78, 5) is 29.0. The molecular formula is C21H27F3N2O3. The highest BCUT2D eigenvalue weighted by Crippen LogP contribution is 2.36. The minimum atomic E-state index is -4.39. The number of ether oxygens (including phenoxy) is 1. The number of piperidine rings is 1. The second kappa shape index (κ2) is 7.88. The summed E-state index contributed by atoms with van der Waals surface area (Å²) in [6.45, 7) is 6.28. The Labute approximate surface area is 168 Å². The van der Waals surface area contributed by atoms with Crippen molar-refractivity contribution in [3.05, 3.63) is 24.3 Å². The lowest BCUT2D eigenvalue weighted by Crippen LogP contribution is -2.45. The van der Waals surface area contributed by atoms with Gasteiger partial charge in [-0.05, 0) is 42.0 Å². The van der Waals surface area contributed by atoms with Crippen LogP contribution in [0.25, 0.3) is 0 Å². The first-order valence-corrected chi connectivity index (χ1v) is 9.82. The largest absolute Gasteiger partial charge is 0.484 e. The number of hydrogen-bond acceptors (Lipinski definition) is 3. The third-order valence-electron chi connectivity index (χ3n) is 5.33. The Kier molecular flexibility index (Phi) is 5.83. The highest BCUT2D eigenvalue weighted by atomic mass is 19.4. The van der Waals surface area contributed by atoms with Gasteiger partial charge in [-0.2, -0.15) is 13.2 Å². The van der Waals surface area contributed by atoms with Gasteiger partial charge in [-0.1, -0.05) is 20.8 Å². The molecule has 1 aromatic rings. The summed E-state index contributed by atoms with van der Waals surface area (Å²) in [7, 11) is 0. The van der Waals surface area contributed by atoms with E-state index in [9.17, 15) is 22.8 Å². The van der Waals surface area contributed by atoms with E-state index in [1.165, 1.54) is 12.1 Å². The highest BCUT2D eigenvalue weighted by Gasteiger charge is 2.44. The quantitative estimate of drug-likeness (QED) is 0.754. The maximum absolute atomic E-state index is 13.0. The van der Waals surface area contributed by atoms with Crippen LogP contribution >= 0.6 is 0 Å². The number of hydrogen-bond donors (Lipinski definition) is 0. The van der Waals surface area contributed by atoms with E-state index in [0.717, 1.165) is 6.42 Å². The lowest BCUT2D eigenvalue weighted by molar-refractivity contribution is -0.153. The summed E-state index contributed by atoms with van der Waals surface area (Å²) in [5, 5.41) is 0. The maximum atomic E-state index is 13.0. The van der Waals surface area contributed by atoms with Gasteiger partial charge in [-0.3, -0.25) is 9.59 Å². The van der Waals surface area contributed by atoms with E-state index in [0.29, 0.717) is 31.7 Å². The molecule has 0 bridgehead atoms. The summed E-state index contributed by atoms with van der Waals surface area (Å²) >= 11 is 0. The van der Waals surface area contributed by atoms with Crippen molar-refractivity contribution in [2.24, 2.45) is 17.3 Å². The molecule has 0 spiro atoms. The zero-order valence-electron chi connectivity index (χ0n) is 17.0. The molecular weight excluding hydrogens is 385 g/mol. The topological polar surface area (TPSA) is 49.9 Å². The third kappa shape index (κ3) is 5.42. The van der Waals surface area contributed by atoms with Gasteiger partial charge in [0.25, 0.3) is 0 Å². The Morgan fingerprint density at radius 1 is 1.14 bits per heavy atom. The number of fused-ring (bicyclic) bond motifs is 1. The van der Waals surface area contributed by atoms with Crippen molar-refractivity contribution in [3.63, 3.8) is 0 Å². The van der Waals surface area contributed by atoms with Gasteiger partial charge in [0.05, 0.1) is 5.92 Å². The van der Waals surface area contributed by atoms with E-state index in [1.807, 2.05) is 20.8 Å². The standard InChI is InChI=1S/C21H27F3N2O3/c1-20(2,3)10-18(27)25-11-14-8-9-26(19(28)17(14)12-25)15-4-6-16(7-5-15)29-13-21(22,23)24/h4-7,14,17H,8-13H2,1-3H3/t14-,17+/m1/s1. The van der Waals surface area contributed by atoms with Crippen LogP contribution in [-0.4, -0.2) is 49.1 Å². The van der Waals surface area contributed by atoms with Gasteiger partial charge in [0, 0.05) is 31.7 Å². The number of anilines is 1. The Morgan fingerprint density at radius 2 is 1.79 bits per heavy atom. The Morgan fingerprint density at radius 3 is 2.38 bits per heavy atom. The fraction of sp³-hybridized carbons (Fsp3) is 0.619. The van der Waals surface area contributed by atoms with Crippen LogP contribution in [-0.2, 0) is 9.59 Å². The van der Waals surface area contributed by atoms with Gasteiger partial charge < -0.3 is 14.5 Å². The smallest absolute Gasteiger partial charge is 0.422 e. The van der Waals surface area contributed by atoms with E-state index in [-0.39, 0.29) is 34.8 Å². The first-order valence-electron chi connectivity index (χ1n) is 9.82. The van der Waals surface area contributed by atoms with E-state index in [2.05, 4.69) is 0 Å². The molecule has 2 fully saturated rings. The van der Waals surface area contributed by atoms with Crippen LogP contribution < -0.4 is 9.64 Å². The average Bonchev–Trinajstić information content (AvgIpc) is 3.04. The predicted octanol–water partition coefficient (Wildman–Crippen LogP) is 3.88. The van der Waals surface area contributed by atoms with Crippen LogP contribution in [0.15, 0.2) is 24.3 Å². The molecule has 1 aromatic carbocycles. The molecule has 0 N–H and O–H groups in total. The van der Waals surface area contributed by atoms with Gasteiger partial charge in [0.2, 0.25) is 11.8 Å². The van der Waals surface area contributed by atoms with Crippen molar-refractivity contribution in [1.82, 2.24) is 4.90 Å². The number of halogens is 3. The van der Waals surface area contributed by atoms with E-state index in [1.54, 1.807) is 21.9 Å². The van der Waals surface area contributed by atoms with Gasteiger partial charge in [-0.15, -0.1) is 0 Å². The van der Waals surface area contributed by atoms with Crippen molar-refractivity contribution in [1.29, 1.82) is 0 Å². The molecule has 0 radical (unpaired) electrons. The number of alkyl halides is 3. The summed E-state index contributed by atoms with van der Waals surface area (Å²) in [5.41, 5.74) is 0.531. The van der Waals surface area contributed by atoms with Crippen molar-refractivity contribution < 1.29 is 27.5 Å². The van der Waals surface area contributed by atoms with Gasteiger partial charge in [0.15, 0.2) is 6.61 Å². The van der Waals surface area contributed by atoms with Gasteiger partial charge in [0.1, 0.15) is 5.75 Å². The van der Waals surface area contributed by atoms with Crippen LogP contribution in [0, 0.1) is 17.3 Å². The molecule has 5 nitrogen and oxygen atoms in total. The van der Waals surface area contributed by atoms with Crippen molar-refractivity contribution >= 4 is 17.5 Å². The second-order valence-electron chi connectivity index (χ2n) is 9.08. The third-order valence-corrected chi connectivity index (χ3v) is 5.33. The lowest BCUT2D eigenvalue weighted by atomic mass is 9.87. The fourth-order valence-electron chi connectivity index (χ4n) is 3.96. The Bertz CT molecular complexity index is 756.